The lowest BCUT2D eigenvalue weighted by Gasteiger charge is -2.43. The van der Waals surface area contributed by atoms with Crippen LogP contribution in [0, 0.1) is 11.8 Å². The first kappa shape index (κ1) is 22.8. The summed E-state index contributed by atoms with van der Waals surface area (Å²) in [6.07, 6.45) is 6.93. The molecule has 2 fully saturated rings. The summed E-state index contributed by atoms with van der Waals surface area (Å²) >= 11 is 0. The van der Waals surface area contributed by atoms with Gasteiger partial charge in [-0.15, -0.1) is 0 Å². The minimum atomic E-state index is -0.936. The molecule has 5 rings (SSSR count). The zero-order chi connectivity index (χ0) is 24.2. The van der Waals surface area contributed by atoms with Crippen molar-refractivity contribution < 1.29 is 14.4 Å². The quantitative estimate of drug-likeness (QED) is 0.278. The number of hydrogen-bond donors (Lipinski definition) is 5. The van der Waals surface area contributed by atoms with Crippen LogP contribution in [0.2, 0.25) is 0 Å². The van der Waals surface area contributed by atoms with Crippen LogP contribution in [0.1, 0.15) is 41.6 Å². The van der Waals surface area contributed by atoms with Gasteiger partial charge in [-0.2, -0.15) is 5.10 Å². The van der Waals surface area contributed by atoms with Crippen LogP contribution < -0.4 is 21.6 Å². The highest BCUT2D eigenvalue weighted by molar-refractivity contribution is 6.00. The van der Waals surface area contributed by atoms with E-state index in [1.807, 2.05) is 36.5 Å². The predicted molar refractivity (Wildman–Crippen MR) is 132 cm³/mol. The molecule has 1 saturated heterocycles. The zero-order valence-corrected chi connectivity index (χ0v) is 19.2. The van der Waals surface area contributed by atoms with Gasteiger partial charge in [0.15, 0.2) is 0 Å². The van der Waals surface area contributed by atoms with Crippen molar-refractivity contribution in [2.75, 3.05) is 0 Å². The van der Waals surface area contributed by atoms with E-state index in [0.29, 0.717) is 5.56 Å². The zero-order valence-electron chi connectivity index (χ0n) is 19.2. The molecule has 2 aromatic carbocycles. The highest BCUT2D eigenvalue weighted by Crippen LogP contribution is 2.35. The van der Waals surface area contributed by atoms with Crippen molar-refractivity contribution in [3.05, 3.63) is 71.9 Å². The number of amides is 3. The van der Waals surface area contributed by atoms with Crippen LogP contribution in [0.15, 0.2) is 65.9 Å². The van der Waals surface area contributed by atoms with Crippen LogP contribution in [0.4, 0.5) is 0 Å². The van der Waals surface area contributed by atoms with E-state index in [1.54, 1.807) is 30.5 Å². The van der Waals surface area contributed by atoms with E-state index < -0.39 is 18.0 Å². The van der Waals surface area contributed by atoms with E-state index in [9.17, 15) is 14.4 Å². The molecule has 2 aliphatic rings. The van der Waals surface area contributed by atoms with Gasteiger partial charge in [-0.25, -0.2) is 10.9 Å². The molecule has 1 aromatic heterocycles. The van der Waals surface area contributed by atoms with Gasteiger partial charge in [0.1, 0.15) is 6.04 Å². The van der Waals surface area contributed by atoms with Crippen LogP contribution >= 0.6 is 0 Å². The molecule has 0 bridgehead atoms. The lowest BCUT2D eigenvalue weighted by molar-refractivity contribution is -0.136. The number of rotatable bonds is 6. The second-order valence-electron chi connectivity index (χ2n) is 9.06. The molecule has 3 aromatic rings. The molecule has 1 aliphatic carbocycles. The molecule has 9 heteroatoms. The maximum atomic E-state index is 13.4. The molecule has 4 unspecified atom stereocenters. The summed E-state index contributed by atoms with van der Waals surface area (Å²) in [5.41, 5.74) is 10.6. The summed E-state index contributed by atoms with van der Waals surface area (Å²) in [6, 6.07) is 15.2. The summed E-state index contributed by atoms with van der Waals surface area (Å²) in [4.78, 5) is 41.9. The van der Waals surface area contributed by atoms with E-state index in [4.69, 9.17) is 0 Å². The number of nitrogens with zero attached hydrogens (tertiary/aromatic N) is 1. The highest BCUT2D eigenvalue weighted by Gasteiger charge is 2.45. The minimum absolute atomic E-state index is 0.0585. The fourth-order valence-corrected chi connectivity index (χ4v) is 5.17. The van der Waals surface area contributed by atoms with Gasteiger partial charge in [0.05, 0.1) is 12.3 Å². The molecule has 3 amide bonds. The van der Waals surface area contributed by atoms with E-state index >= 15 is 0 Å². The van der Waals surface area contributed by atoms with Gasteiger partial charge in [-0.05, 0) is 37.0 Å². The minimum Gasteiger partial charge on any atom is -0.361 e. The summed E-state index contributed by atoms with van der Waals surface area (Å²) in [7, 11) is 0. The maximum Gasteiger partial charge on any atom is 0.264 e. The monoisotopic (exact) mass is 472 g/mol. The lowest BCUT2D eigenvalue weighted by atomic mass is 9.72. The molecule has 0 radical (unpaired) electrons. The third kappa shape index (κ3) is 4.81. The van der Waals surface area contributed by atoms with Gasteiger partial charge in [0, 0.05) is 34.1 Å². The Balaban J connectivity index is 1.37. The van der Waals surface area contributed by atoms with Crippen LogP contribution in [0.5, 0.6) is 0 Å². The topological polar surface area (TPSA) is 127 Å². The molecule has 5 N–H and O–H groups in total. The second-order valence-corrected chi connectivity index (χ2v) is 9.06. The number of hydrogen-bond acceptors (Lipinski definition) is 5. The average molecular weight is 473 g/mol. The largest absolute Gasteiger partial charge is 0.361 e. The van der Waals surface area contributed by atoms with Crippen LogP contribution in [0.25, 0.3) is 10.9 Å². The van der Waals surface area contributed by atoms with Crippen molar-refractivity contribution in [3.63, 3.8) is 0 Å². The SMILES string of the molecule is O=C(NC(C(=O)N/N=C/c1c[nH]c2ccccc12)C1NNC(=O)C2CCCCC21)c1ccccc1. The number of carbonyl (C=O) groups is 3. The molecular weight excluding hydrogens is 444 g/mol. The Hall–Kier alpha value is -3.98. The van der Waals surface area contributed by atoms with Gasteiger partial charge in [0.2, 0.25) is 5.91 Å². The first-order valence-electron chi connectivity index (χ1n) is 11.9. The summed E-state index contributed by atoms with van der Waals surface area (Å²) < 4.78 is 0. The Bertz CT molecular complexity index is 1250. The van der Waals surface area contributed by atoms with Crippen LogP contribution in [-0.2, 0) is 9.59 Å². The van der Waals surface area contributed by atoms with Gasteiger partial charge in [-0.3, -0.25) is 19.8 Å². The summed E-state index contributed by atoms with van der Waals surface area (Å²) in [5.74, 6) is -1.13. The van der Waals surface area contributed by atoms with Crippen molar-refractivity contribution in [1.82, 2.24) is 26.6 Å². The third-order valence-corrected chi connectivity index (χ3v) is 6.94. The van der Waals surface area contributed by atoms with Gasteiger partial charge in [-0.1, -0.05) is 49.2 Å². The number of hydrazone groups is 1. The molecule has 1 aliphatic heterocycles. The lowest BCUT2D eigenvalue weighted by Crippen LogP contribution is -2.68. The van der Waals surface area contributed by atoms with E-state index in [2.05, 4.69) is 31.7 Å². The number of para-hydroxylation sites is 1. The first-order chi connectivity index (χ1) is 17.1. The highest BCUT2D eigenvalue weighted by atomic mass is 16.2. The standard InChI is InChI=1S/C26H28N6O3/c33-24(16-8-2-1-3-9-16)29-23(22-19-11-4-5-12-20(19)25(34)32-30-22)26(35)31-28-15-17-14-27-21-13-7-6-10-18(17)21/h1-3,6-10,13-15,19-20,22-23,27,30H,4-5,11-12H2,(H,29,33)(H,31,35)(H,32,34)/b28-15+. The number of carbonyl (C=O) groups excluding carboxylic acids is 3. The maximum absolute atomic E-state index is 13.4. The van der Waals surface area contributed by atoms with Gasteiger partial charge >= 0.3 is 0 Å². The number of H-pyrrole nitrogens is 1. The second kappa shape index (κ2) is 10.1. The van der Waals surface area contributed by atoms with Crippen molar-refractivity contribution >= 4 is 34.8 Å². The van der Waals surface area contributed by atoms with Gasteiger partial charge in [0.25, 0.3) is 11.8 Å². The Morgan fingerprint density at radius 2 is 1.80 bits per heavy atom. The molecule has 2 heterocycles. The van der Waals surface area contributed by atoms with Crippen LogP contribution in [0.3, 0.4) is 0 Å². The molecule has 35 heavy (non-hydrogen) atoms. The molecule has 4 atom stereocenters. The summed E-state index contributed by atoms with van der Waals surface area (Å²) in [5, 5.41) is 8.03. The van der Waals surface area contributed by atoms with Crippen molar-refractivity contribution in [2.24, 2.45) is 16.9 Å². The number of nitrogens with one attached hydrogen (secondary N) is 5. The fourth-order valence-electron chi connectivity index (χ4n) is 5.17. The smallest absolute Gasteiger partial charge is 0.264 e. The molecule has 0 spiro atoms. The molecule has 9 nitrogen and oxygen atoms in total. The van der Waals surface area contributed by atoms with Crippen molar-refractivity contribution in [1.29, 1.82) is 0 Å². The normalized spacial score (nSPS) is 22.9. The number of aromatic amines is 1. The van der Waals surface area contributed by atoms with E-state index in [0.717, 1.165) is 42.1 Å². The Morgan fingerprint density at radius 3 is 2.66 bits per heavy atom. The Morgan fingerprint density at radius 1 is 1.03 bits per heavy atom. The number of fused-ring (bicyclic) bond motifs is 2. The third-order valence-electron chi connectivity index (χ3n) is 6.94. The average Bonchev–Trinajstić information content (AvgIpc) is 3.31. The number of benzene rings is 2. The Labute approximate surface area is 202 Å². The van der Waals surface area contributed by atoms with Crippen LogP contribution in [-0.4, -0.2) is 41.0 Å². The van der Waals surface area contributed by atoms with Gasteiger partial charge < -0.3 is 10.3 Å². The number of aromatic nitrogens is 1. The summed E-state index contributed by atoms with van der Waals surface area (Å²) in [6.45, 7) is 0. The van der Waals surface area contributed by atoms with Crippen molar-refractivity contribution in [3.8, 4) is 0 Å². The van der Waals surface area contributed by atoms with Crippen molar-refractivity contribution in [2.45, 2.75) is 37.8 Å². The Kier molecular flexibility index (Phi) is 6.58. The number of hydrazine groups is 1. The molecule has 1 saturated carbocycles. The fraction of sp³-hybridized carbons (Fsp3) is 0.308. The van der Waals surface area contributed by atoms with E-state index in [-0.39, 0.29) is 23.7 Å². The van der Waals surface area contributed by atoms with E-state index in [1.165, 1.54) is 0 Å². The predicted octanol–water partition coefficient (Wildman–Crippen LogP) is 2.23. The molecular formula is C26H28N6O3. The molecule has 180 valence electrons. The first-order valence-corrected chi connectivity index (χ1v) is 11.9.